The Morgan fingerprint density at radius 2 is 2.25 bits per heavy atom. The lowest BCUT2D eigenvalue weighted by atomic mass is 10.1. The van der Waals surface area contributed by atoms with E-state index in [0.29, 0.717) is 5.95 Å². The summed E-state index contributed by atoms with van der Waals surface area (Å²) in [6, 6.07) is 3.94. The Morgan fingerprint density at radius 1 is 1.50 bits per heavy atom. The topological polar surface area (TPSA) is 62.5 Å². The van der Waals surface area contributed by atoms with Gasteiger partial charge in [-0.3, -0.25) is 0 Å². The molecule has 5 heteroatoms. The first-order valence-electron chi connectivity index (χ1n) is 5.22. The van der Waals surface area contributed by atoms with Gasteiger partial charge in [0.05, 0.1) is 12.1 Å². The van der Waals surface area contributed by atoms with Crippen molar-refractivity contribution < 1.29 is 5.11 Å². The van der Waals surface area contributed by atoms with Crippen molar-refractivity contribution >= 4 is 11.6 Å². The van der Waals surface area contributed by atoms with Crippen LogP contribution < -0.4 is 5.32 Å². The van der Waals surface area contributed by atoms with Crippen molar-refractivity contribution in [2.24, 2.45) is 0 Å². The average Bonchev–Trinajstić information content (AvgIpc) is 2.58. The van der Waals surface area contributed by atoms with E-state index in [1.165, 1.54) is 0 Å². The number of hydrogen-bond acceptors (Lipinski definition) is 4. The van der Waals surface area contributed by atoms with Gasteiger partial charge in [0.1, 0.15) is 0 Å². The number of pyridine rings is 1. The van der Waals surface area contributed by atoms with Crippen LogP contribution in [0, 0.1) is 6.92 Å². The molecule has 2 N–H and O–H groups in total. The molecule has 0 aliphatic rings. The molecule has 0 bridgehead atoms. The van der Waals surface area contributed by atoms with Gasteiger partial charge in [-0.25, -0.2) is 4.52 Å². The molecule has 0 saturated heterocycles. The van der Waals surface area contributed by atoms with Crippen molar-refractivity contribution in [2.45, 2.75) is 26.3 Å². The van der Waals surface area contributed by atoms with E-state index < -0.39 is 5.54 Å². The van der Waals surface area contributed by atoms with Gasteiger partial charge in [-0.15, -0.1) is 5.10 Å². The fourth-order valence-electron chi connectivity index (χ4n) is 1.38. The van der Waals surface area contributed by atoms with Gasteiger partial charge in [0.2, 0.25) is 5.95 Å². The molecule has 0 amide bonds. The minimum atomic E-state index is -0.417. The Balaban J connectivity index is 2.33. The Kier molecular flexibility index (Phi) is 2.55. The van der Waals surface area contributed by atoms with E-state index in [-0.39, 0.29) is 6.61 Å². The van der Waals surface area contributed by atoms with Crippen LogP contribution in [0.15, 0.2) is 18.3 Å². The molecule has 0 spiro atoms. The monoisotopic (exact) mass is 220 g/mol. The van der Waals surface area contributed by atoms with Crippen LogP contribution in [-0.2, 0) is 0 Å². The number of aromatic nitrogens is 3. The van der Waals surface area contributed by atoms with E-state index in [0.717, 1.165) is 11.2 Å². The second-order valence-electron chi connectivity index (χ2n) is 4.61. The molecule has 86 valence electrons. The van der Waals surface area contributed by atoms with E-state index in [4.69, 9.17) is 5.11 Å². The van der Waals surface area contributed by atoms with Crippen LogP contribution in [-0.4, -0.2) is 31.9 Å². The lowest BCUT2D eigenvalue weighted by Crippen LogP contribution is -2.35. The highest BCUT2D eigenvalue weighted by molar-refractivity contribution is 5.45. The summed E-state index contributed by atoms with van der Waals surface area (Å²) in [5.74, 6) is 0.532. The summed E-state index contributed by atoms with van der Waals surface area (Å²) in [5, 5.41) is 16.5. The Morgan fingerprint density at radius 3 is 2.94 bits per heavy atom. The number of aliphatic hydroxyl groups excluding tert-OH is 1. The average molecular weight is 220 g/mol. The lowest BCUT2D eigenvalue weighted by Gasteiger charge is -2.21. The predicted octanol–water partition coefficient (Wildman–Crippen LogP) is 1.22. The second kappa shape index (κ2) is 3.75. The highest BCUT2D eigenvalue weighted by Gasteiger charge is 2.18. The van der Waals surface area contributed by atoms with Gasteiger partial charge in [0.15, 0.2) is 5.65 Å². The van der Waals surface area contributed by atoms with Gasteiger partial charge >= 0.3 is 0 Å². The molecule has 0 aromatic carbocycles. The third-order valence-electron chi connectivity index (χ3n) is 2.34. The maximum Gasteiger partial charge on any atom is 0.243 e. The van der Waals surface area contributed by atoms with E-state index in [1.54, 1.807) is 4.52 Å². The van der Waals surface area contributed by atoms with Crippen LogP contribution in [0.5, 0.6) is 0 Å². The van der Waals surface area contributed by atoms with Crippen LogP contribution >= 0.6 is 0 Å². The van der Waals surface area contributed by atoms with Crippen molar-refractivity contribution in [3.05, 3.63) is 23.9 Å². The van der Waals surface area contributed by atoms with E-state index in [2.05, 4.69) is 15.4 Å². The summed E-state index contributed by atoms with van der Waals surface area (Å²) in [5.41, 5.74) is 1.53. The van der Waals surface area contributed by atoms with Crippen molar-refractivity contribution in [1.29, 1.82) is 0 Å². The zero-order chi connectivity index (χ0) is 11.8. The molecule has 2 aromatic rings. The van der Waals surface area contributed by atoms with E-state index in [9.17, 15) is 0 Å². The highest BCUT2D eigenvalue weighted by Crippen LogP contribution is 2.12. The number of anilines is 1. The van der Waals surface area contributed by atoms with Gasteiger partial charge < -0.3 is 10.4 Å². The molecular formula is C11H16N4O. The predicted molar refractivity (Wildman–Crippen MR) is 62.5 cm³/mol. The third kappa shape index (κ3) is 2.14. The minimum Gasteiger partial charge on any atom is -0.394 e. The Hall–Kier alpha value is -1.62. The number of aliphatic hydroxyl groups is 1. The van der Waals surface area contributed by atoms with Gasteiger partial charge in [0, 0.05) is 6.20 Å². The molecule has 0 saturated carbocycles. The molecule has 0 fully saturated rings. The van der Waals surface area contributed by atoms with E-state index >= 15 is 0 Å². The van der Waals surface area contributed by atoms with E-state index in [1.807, 2.05) is 39.1 Å². The number of nitrogens with zero attached hydrogens (tertiary/aromatic N) is 3. The molecular weight excluding hydrogens is 204 g/mol. The van der Waals surface area contributed by atoms with Crippen molar-refractivity contribution in [1.82, 2.24) is 14.6 Å². The summed E-state index contributed by atoms with van der Waals surface area (Å²) in [6.45, 7) is 5.83. The first-order valence-corrected chi connectivity index (χ1v) is 5.22. The number of hydrogen-bond donors (Lipinski definition) is 2. The maximum atomic E-state index is 9.15. The van der Waals surface area contributed by atoms with Gasteiger partial charge in [-0.1, -0.05) is 0 Å². The molecule has 16 heavy (non-hydrogen) atoms. The Bertz CT molecular complexity index is 504. The quantitative estimate of drug-likeness (QED) is 0.816. The fourth-order valence-corrected chi connectivity index (χ4v) is 1.38. The third-order valence-corrected chi connectivity index (χ3v) is 2.34. The van der Waals surface area contributed by atoms with Crippen LogP contribution in [0.2, 0.25) is 0 Å². The first-order chi connectivity index (χ1) is 7.50. The van der Waals surface area contributed by atoms with Gasteiger partial charge in [0.25, 0.3) is 0 Å². The maximum absolute atomic E-state index is 9.15. The fraction of sp³-hybridized carbons (Fsp3) is 0.455. The summed E-state index contributed by atoms with van der Waals surface area (Å²) in [4.78, 5) is 4.34. The second-order valence-corrected chi connectivity index (χ2v) is 4.61. The molecule has 0 aliphatic carbocycles. The molecule has 2 aromatic heterocycles. The standard InChI is InChI=1S/C11H16N4O/c1-8-4-5-15-9(6-8)12-10(14-15)13-11(2,3)7-16/h4-6,16H,7H2,1-3H3,(H,13,14). The summed E-state index contributed by atoms with van der Waals surface area (Å²) < 4.78 is 1.71. The number of nitrogens with one attached hydrogen (secondary N) is 1. The largest absolute Gasteiger partial charge is 0.394 e. The van der Waals surface area contributed by atoms with Crippen molar-refractivity contribution in [3.8, 4) is 0 Å². The zero-order valence-electron chi connectivity index (χ0n) is 9.73. The van der Waals surface area contributed by atoms with Gasteiger partial charge in [-0.05, 0) is 38.5 Å². The van der Waals surface area contributed by atoms with Crippen LogP contribution in [0.4, 0.5) is 5.95 Å². The van der Waals surface area contributed by atoms with Crippen molar-refractivity contribution in [2.75, 3.05) is 11.9 Å². The van der Waals surface area contributed by atoms with Crippen LogP contribution in [0.1, 0.15) is 19.4 Å². The SMILES string of the molecule is Cc1ccn2nc(NC(C)(C)CO)nc2c1. The highest BCUT2D eigenvalue weighted by atomic mass is 16.3. The molecule has 0 aliphatic heterocycles. The molecule has 0 unspecified atom stereocenters. The molecule has 2 rings (SSSR count). The number of rotatable bonds is 3. The number of aryl methyl sites for hydroxylation is 1. The lowest BCUT2D eigenvalue weighted by molar-refractivity contribution is 0.233. The summed E-state index contributed by atoms with van der Waals surface area (Å²) >= 11 is 0. The number of fused-ring (bicyclic) bond motifs is 1. The summed E-state index contributed by atoms with van der Waals surface area (Å²) in [7, 11) is 0. The zero-order valence-corrected chi connectivity index (χ0v) is 9.73. The Labute approximate surface area is 94.1 Å². The minimum absolute atomic E-state index is 0.0293. The normalized spacial score (nSPS) is 12.0. The first kappa shape index (κ1) is 10.9. The smallest absolute Gasteiger partial charge is 0.243 e. The molecule has 0 atom stereocenters. The van der Waals surface area contributed by atoms with Crippen LogP contribution in [0.25, 0.3) is 5.65 Å². The molecule has 0 radical (unpaired) electrons. The molecule has 2 heterocycles. The van der Waals surface area contributed by atoms with Gasteiger partial charge in [-0.2, -0.15) is 4.98 Å². The summed E-state index contributed by atoms with van der Waals surface area (Å²) in [6.07, 6.45) is 1.87. The van der Waals surface area contributed by atoms with Crippen molar-refractivity contribution in [3.63, 3.8) is 0 Å². The molecule has 5 nitrogen and oxygen atoms in total. The van der Waals surface area contributed by atoms with Crippen LogP contribution in [0.3, 0.4) is 0 Å².